The van der Waals surface area contributed by atoms with Crippen molar-refractivity contribution in [2.45, 2.75) is 0 Å². The molecular formula is C17H19N7O3. The first kappa shape index (κ1) is 17.0. The predicted octanol–water partition coefficient (Wildman–Crippen LogP) is 0.850. The molecule has 1 amide bonds. The maximum Gasteiger partial charge on any atom is 0.231 e. The van der Waals surface area contributed by atoms with Crippen molar-refractivity contribution in [1.82, 2.24) is 25.0 Å². The first-order chi connectivity index (χ1) is 13.1. The summed E-state index contributed by atoms with van der Waals surface area (Å²) in [4.78, 5) is 23.0. The highest BCUT2D eigenvalue weighted by atomic mass is 16.5. The van der Waals surface area contributed by atoms with Crippen molar-refractivity contribution in [2.75, 3.05) is 37.5 Å². The highest BCUT2D eigenvalue weighted by Crippen LogP contribution is 2.31. The van der Waals surface area contributed by atoms with E-state index in [1.165, 1.54) is 6.33 Å². The van der Waals surface area contributed by atoms with Crippen molar-refractivity contribution in [3.63, 3.8) is 0 Å². The maximum atomic E-state index is 12.6. The minimum Gasteiger partial charge on any atom is -0.497 e. The Kier molecular flexibility index (Phi) is 4.22. The number of benzene rings is 1. The lowest BCUT2D eigenvalue weighted by molar-refractivity contribution is -0.120. The van der Waals surface area contributed by atoms with Gasteiger partial charge in [0.2, 0.25) is 5.91 Å². The molecule has 2 aromatic heterocycles. The van der Waals surface area contributed by atoms with Crippen molar-refractivity contribution < 1.29 is 14.3 Å². The van der Waals surface area contributed by atoms with Crippen molar-refractivity contribution in [3.05, 3.63) is 24.5 Å². The molecule has 10 nitrogen and oxygen atoms in total. The molecule has 0 unspecified atom stereocenters. The molecule has 1 N–H and O–H groups in total. The summed E-state index contributed by atoms with van der Waals surface area (Å²) in [7, 11) is 4.91. The number of nitrogens with zero attached hydrogens (tertiary/aromatic N) is 6. The summed E-state index contributed by atoms with van der Waals surface area (Å²) in [6.45, 7) is 1.10. The monoisotopic (exact) mass is 369 g/mol. The Morgan fingerprint density at radius 3 is 2.78 bits per heavy atom. The number of fused-ring (bicyclic) bond motifs is 1. The van der Waals surface area contributed by atoms with Crippen molar-refractivity contribution >= 4 is 28.6 Å². The van der Waals surface area contributed by atoms with Crippen LogP contribution in [0, 0.1) is 5.92 Å². The van der Waals surface area contributed by atoms with E-state index < -0.39 is 0 Å². The van der Waals surface area contributed by atoms with Crippen LogP contribution in [-0.4, -0.2) is 58.2 Å². The second kappa shape index (κ2) is 6.71. The maximum absolute atomic E-state index is 12.6. The molecule has 0 radical (unpaired) electrons. The third kappa shape index (κ3) is 2.98. The molecule has 0 spiro atoms. The molecule has 4 rings (SSSR count). The Labute approximate surface area is 155 Å². The molecule has 0 saturated carbocycles. The van der Waals surface area contributed by atoms with Gasteiger partial charge in [0.25, 0.3) is 0 Å². The van der Waals surface area contributed by atoms with Gasteiger partial charge in [-0.05, 0) is 12.1 Å². The van der Waals surface area contributed by atoms with Crippen LogP contribution < -0.4 is 19.7 Å². The molecule has 0 aliphatic carbocycles. The van der Waals surface area contributed by atoms with Gasteiger partial charge in [0, 0.05) is 26.2 Å². The molecule has 0 atom stereocenters. The molecule has 27 heavy (non-hydrogen) atoms. The number of nitrogens with one attached hydrogen (secondary N) is 1. The van der Waals surface area contributed by atoms with Gasteiger partial charge in [0.15, 0.2) is 17.0 Å². The van der Waals surface area contributed by atoms with E-state index in [9.17, 15) is 4.79 Å². The van der Waals surface area contributed by atoms with Gasteiger partial charge >= 0.3 is 0 Å². The molecule has 1 aliphatic rings. The molecule has 1 aromatic carbocycles. The Hall–Kier alpha value is -3.43. The predicted molar refractivity (Wildman–Crippen MR) is 98.0 cm³/mol. The normalized spacial score (nSPS) is 14.1. The van der Waals surface area contributed by atoms with E-state index in [1.54, 1.807) is 44.1 Å². The molecule has 140 valence electrons. The second-order valence-corrected chi connectivity index (χ2v) is 6.24. The van der Waals surface area contributed by atoms with Crippen molar-refractivity contribution in [1.29, 1.82) is 0 Å². The van der Waals surface area contributed by atoms with Gasteiger partial charge in [-0.3, -0.25) is 4.79 Å². The fourth-order valence-electron chi connectivity index (χ4n) is 3.03. The number of methoxy groups -OCH3 is 2. The summed E-state index contributed by atoms with van der Waals surface area (Å²) in [5.41, 5.74) is 1.91. The third-order valence-corrected chi connectivity index (χ3v) is 4.59. The lowest BCUT2D eigenvalue weighted by atomic mass is 9.99. The van der Waals surface area contributed by atoms with Crippen LogP contribution in [0.5, 0.6) is 11.5 Å². The van der Waals surface area contributed by atoms with Gasteiger partial charge in [-0.2, -0.15) is 0 Å². The minimum atomic E-state index is -0.154. The van der Waals surface area contributed by atoms with E-state index in [2.05, 4.69) is 25.6 Å². The summed E-state index contributed by atoms with van der Waals surface area (Å²) in [5, 5.41) is 11.0. The first-order valence-corrected chi connectivity index (χ1v) is 8.39. The summed E-state index contributed by atoms with van der Waals surface area (Å²) in [6.07, 6.45) is 1.48. The zero-order valence-electron chi connectivity index (χ0n) is 15.2. The zero-order chi connectivity index (χ0) is 19.0. The largest absolute Gasteiger partial charge is 0.497 e. The molecule has 10 heteroatoms. The molecule has 1 fully saturated rings. The SMILES string of the molecule is COc1ccc(NC(=O)C2CN(c3ncnc4c3nnn4C)C2)c(OC)c1. The summed E-state index contributed by atoms with van der Waals surface area (Å²) >= 11 is 0. The van der Waals surface area contributed by atoms with Crippen LogP contribution in [-0.2, 0) is 11.8 Å². The van der Waals surface area contributed by atoms with E-state index in [0.29, 0.717) is 47.3 Å². The van der Waals surface area contributed by atoms with Crippen molar-refractivity contribution in [3.8, 4) is 11.5 Å². The Morgan fingerprint density at radius 1 is 1.22 bits per heavy atom. The highest BCUT2D eigenvalue weighted by molar-refractivity contribution is 5.96. The topological polar surface area (TPSA) is 107 Å². The number of anilines is 2. The van der Waals surface area contributed by atoms with E-state index in [-0.39, 0.29) is 11.8 Å². The molecule has 3 aromatic rings. The first-order valence-electron chi connectivity index (χ1n) is 8.39. The number of hydrogen-bond acceptors (Lipinski definition) is 8. The van der Waals surface area contributed by atoms with Gasteiger partial charge < -0.3 is 19.7 Å². The number of carbonyl (C=O) groups excluding carboxylic acids is 1. The third-order valence-electron chi connectivity index (χ3n) is 4.59. The Bertz CT molecular complexity index is 997. The van der Waals surface area contributed by atoms with Crippen LogP contribution in [0.4, 0.5) is 11.5 Å². The average Bonchev–Trinajstić information content (AvgIpc) is 3.03. The zero-order valence-corrected chi connectivity index (χ0v) is 15.2. The van der Waals surface area contributed by atoms with Crippen LogP contribution >= 0.6 is 0 Å². The van der Waals surface area contributed by atoms with Gasteiger partial charge in [0.05, 0.1) is 25.8 Å². The number of amides is 1. The molecular weight excluding hydrogens is 350 g/mol. The number of ether oxygens (including phenoxy) is 2. The Morgan fingerprint density at radius 2 is 2.04 bits per heavy atom. The van der Waals surface area contributed by atoms with Crippen LogP contribution in [0.3, 0.4) is 0 Å². The standard InChI is InChI=1S/C17H19N7O3/c1-23-15-14(21-22-23)16(19-9-18-15)24-7-10(8-24)17(25)20-12-5-4-11(26-2)6-13(12)27-3/h4-6,9-10H,7-8H2,1-3H3,(H,20,25). The van der Waals surface area contributed by atoms with Crippen LogP contribution in [0.15, 0.2) is 24.5 Å². The highest BCUT2D eigenvalue weighted by Gasteiger charge is 2.35. The Balaban J connectivity index is 1.44. The summed E-state index contributed by atoms with van der Waals surface area (Å²) in [5.74, 6) is 1.68. The molecule has 1 aliphatic heterocycles. The molecule has 3 heterocycles. The van der Waals surface area contributed by atoms with Crippen LogP contribution in [0.25, 0.3) is 11.2 Å². The van der Waals surface area contributed by atoms with Gasteiger partial charge in [-0.1, -0.05) is 5.21 Å². The lowest BCUT2D eigenvalue weighted by Crippen LogP contribution is -2.52. The lowest BCUT2D eigenvalue weighted by Gasteiger charge is -2.38. The summed E-state index contributed by atoms with van der Waals surface area (Å²) in [6, 6.07) is 5.27. The second-order valence-electron chi connectivity index (χ2n) is 6.24. The van der Waals surface area contributed by atoms with Crippen LogP contribution in [0.2, 0.25) is 0 Å². The van der Waals surface area contributed by atoms with E-state index in [4.69, 9.17) is 9.47 Å². The van der Waals surface area contributed by atoms with E-state index in [1.807, 2.05) is 4.90 Å². The molecule has 1 saturated heterocycles. The van der Waals surface area contributed by atoms with E-state index >= 15 is 0 Å². The minimum absolute atomic E-state index is 0.0702. The number of hydrogen-bond donors (Lipinski definition) is 1. The van der Waals surface area contributed by atoms with Crippen molar-refractivity contribution in [2.24, 2.45) is 13.0 Å². The summed E-state index contributed by atoms with van der Waals surface area (Å²) < 4.78 is 12.1. The fraction of sp³-hybridized carbons (Fsp3) is 0.353. The number of aromatic nitrogens is 5. The quantitative estimate of drug-likeness (QED) is 0.705. The molecule has 0 bridgehead atoms. The number of aryl methyl sites for hydroxylation is 1. The average molecular weight is 369 g/mol. The van der Waals surface area contributed by atoms with Gasteiger partial charge in [0.1, 0.15) is 17.8 Å². The van der Waals surface area contributed by atoms with Gasteiger partial charge in [-0.25, -0.2) is 14.6 Å². The fourth-order valence-corrected chi connectivity index (χ4v) is 3.03. The smallest absolute Gasteiger partial charge is 0.231 e. The van der Waals surface area contributed by atoms with Crippen LogP contribution in [0.1, 0.15) is 0 Å². The number of carbonyl (C=O) groups is 1. The van der Waals surface area contributed by atoms with Gasteiger partial charge in [-0.15, -0.1) is 5.10 Å². The van der Waals surface area contributed by atoms with E-state index in [0.717, 1.165) is 0 Å². The number of rotatable bonds is 5.